The van der Waals surface area contributed by atoms with Gasteiger partial charge in [-0.15, -0.1) is 0 Å². The smallest absolute Gasteiger partial charge is 0.261 e. The summed E-state index contributed by atoms with van der Waals surface area (Å²) in [5, 5.41) is 34.2. The van der Waals surface area contributed by atoms with E-state index in [9.17, 15) is 24.5 Å². The van der Waals surface area contributed by atoms with Crippen LogP contribution < -0.4 is 16.2 Å². The summed E-state index contributed by atoms with van der Waals surface area (Å²) in [6.45, 7) is 1.46. The average molecular weight is 382 g/mol. The Morgan fingerprint density at radius 1 is 1.07 bits per heavy atom. The van der Waals surface area contributed by atoms with Gasteiger partial charge < -0.3 is 26.0 Å². The van der Waals surface area contributed by atoms with Crippen LogP contribution in [0.3, 0.4) is 0 Å². The monoisotopic (exact) mass is 382 g/mol. The van der Waals surface area contributed by atoms with Crippen LogP contribution in [0.2, 0.25) is 0 Å². The predicted octanol–water partition coefficient (Wildman–Crippen LogP) is -0.789. The van der Waals surface area contributed by atoms with Gasteiger partial charge in [-0.25, -0.2) is 9.37 Å². The zero-order valence-electron chi connectivity index (χ0n) is 15.2. The van der Waals surface area contributed by atoms with Gasteiger partial charge in [0, 0.05) is 12.6 Å². The fraction of sp³-hybridized carbons (Fsp3) is 0.556. The van der Waals surface area contributed by atoms with Crippen molar-refractivity contribution in [3.8, 4) is 0 Å². The van der Waals surface area contributed by atoms with Crippen molar-refractivity contribution in [3.63, 3.8) is 0 Å². The summed E-state index contributed by atoms with van der Waals surface area (Å²) in [4.78, 5) is 16.5. The molecular weight excluding hydrogens is 355 g/mol. The van der Waals surface area contributed by atoms with Crippen LogP contribution in [0, 0.1) is 5.82 Å². The molecule has 2 rings (SSSR count). The van der Waals surface area contributed by atoms with Gasteiger partial charge in [0.15, 0.2) is 0 Å². The highest BCUT2D eigenvalue weighted by Crippen LogP contribution is 2.08. The fourth-order valence-electron chi connectivity index (χ4n) is 2.67. The zero-order chi connectivity index (χ0) is 19.7. The van der Waals surface area contributed by atoms with E-state index in [1.807, 2.05) is 0 Å². The lowest BCUT2D eigenvalue weighted by Gasteiger charge is -2.28. The van der Waals surface area contributed by atoms with E-state index in [0.29, 0.717) is 30.5 Å². The second-order valence-electron chi connectivity index (χ2n) is 6.54. The molecule has 0 saturated heterocycles. The summed E-state index contributed by atoms with van der Waals surface area (Å²) >= 11 is 0. The molecule has 0 atom stereocenters. The minimum atomic E-state index is -1.05. The van der Waals surface area contributed by atoms with E-state index in [4.69, 9.17) is 0 Å². The van der Waals surface area contributed by atoms with Crippen LogP contribution in [0.5, 0.6) is 0 Å². The first-order chi connectivity index (χ1) is 13.0. The van der Waals surface area contributed by atoms with Crippen molar-refractivity contribution in [2.24, 2.45) is 0 Å². The number of benzene rings is 1. The molecule has 0 amide bonds. The molecule has 1 aromatic heterocycles. The third-order valence-electron chi connectivity index (χ3n) is 4.48. The number of fused-ring (bicyclic) bond motifs is 1. The standard InChI is InChI=1S/C18H27FN4O4/c19-14-3-4-15-16(9-14)21-13-23(17(15)27)8-2-6-20-5-1-7-22-18(10-24,11-25)12-26/h3-4,9,13,20,22,24-26H,1-2,5-8,10-12H2. The Bertz CT molecular complexity index is 771. The van der Waals surface area contributed by atoms with Crippen molar-refractivity contribution < 1.29 is 19.7 Å². The third kappa shape index (κ3) is 5.78. The second kappa shape index (κ2) is 10.4. The number of aliphatic hydroxyl groups is 3. The van der Waals surface area contributed by atoms with E-state index in [0.717, 1.165) is 19.4 Å². The molecule has 1 heterocycles. The van der Waals surface area contributed by atoms with Gasteiger partial charge in [0.25, 0.3) is 5.56 Å². The Morgan fingerprint density at radius 2 is 1.78 bits per heavy atom. The predicted molar refractivity (Wildman–Crippen MR) is 100 cm³/mol. The molecule has 5 N–H and O–H groups in total. The van der Waals surface area contributed by atoms with Gasteiger partial charge in [0.2, 0.25) is 0 Å². The Hall–Kier alpha value is -1.91. The van der Waals surface area contributed by atoms with Crippen molar-refractivity contribution in [3.05, 3.63) is 40.7 Å². The van der Waals surface area contributed by atoms with Gasteiger partial charge in [-0.3, -0.25) is 9.36 Å². The maximum absolute atomic E-state index is 13.2. The lowest BCUT2D eigenvalue weighted by atomic mass is 10.0. The van der Waals surface area contributed by atoms with Crippen LogP contribution >= 0.6 is 0 Å². The molecule has 9 heteroatoms. The van der Waals surface area contributed by atoms with Crippen LogP contribution in [0.4, 0.5) is 4.39 Å². The third-order valence-corrected chi connectivity index (χ3v) is 4.48. The van der Waals surface area contributed by atoms with Gasteiger partial charge in [-0.2, -0.15) is 0 Å². The highest BCUT2D eigenvalue weighted by Gasteiger charge is 2.26. The lowest BCUT2D eigenvalue weighted by molar-refractivity contribution is 0.0427. The summed E-state index contributed by atoms with van der Waals surface area (Å²) < 4.78 is 14.7. The molecule has 0 aliphatic carbocycles. The lowest BCUT2D eigenvalue weighted by Crippen LogP contribution is -2.55. The molecule has 1 aromatic carbocycles. The Morgan fingerprint density at radius 3 is 2.48 bits per heavy atom. The van der Waals surface area contributed by atoms with Crippen LogP contribution in [-0.4, -0.2) is 69.9 Å². The number of aliphatic hydroxyl groups excluding tert-OH is 3. The van der Waals surface area contributed by atoms with E-state index in [2.05, 4.69) is 15.6 Å². The first kappa shape index (κ1) is 21.4. The normalized spacial score (nSPS) is 12.0. The maximum atomic E-state index is 13.2. The van der Waals surface area contributed by atoms with Crippen LogP contribution in [0.1, 0.15) is 12.8 Å². The first-order valence-electron chi connectivity index (χ1n) is 8.98. The van der Waals surface area contributed by atoms with E-state index in [1.54, 1.807) is 0 Å². The molecule has 27 heavy (non-hydrogen) atoms. The van der Waals surface area contributed by atoms with Crippen molar-refractivity contribution in [2.75, 3.05) is 39.5 Å². The molecular formula is C18H27FN4O4. The number of nitrogens with zero attached hydrogens (tertiary/aromatic N) is 2. The summed E-state index contributed by atoms with van der Waals surface area (Å²) in [6.07, 6.45) is 2.92. The van der Waals surface area contributed by atoms with Crippen molar-refractivity contribution >= 4 is 10.9 Å². The summed E-state index contributed by atoms with van der Waals surface area (Å²) in [5.41, 5.74) is -0.878. The largest absolute Gasteiger partial charge is 0.394 e. The Labute approximate surface area is 156 Å². The molecule has 0 fully saturated rings. The van der Waals surface area contributed by atoms with Crippen LogP contribution in [0.25, 0.3) is 10.9 Å². The highest BCUT2D eigenvalue weighted by molar-refractivity contribution is 5.77. The van der Waals surface area contributed by atoms with Crippen molar-refractivity contribution in [1.82, 2.24) is 20.2 Å². The van der Waals surface area contributed by atoms with Crippen LogP contribution in [0.15, 0.2) is 29.3 Å². The minimum absolute atomic E-state index is 0.183. The maximum Gasteiger partial charge on any atom is 0.261 e. The zero-order valence-corrected chi connectivity index (χ0v) is 15.2. The number of nitrogens with one attached hydrogen (secondary N) is 2. The average Bonchev–Trinajstić information content (AvgIpc) is 2.69. The molecule has 8 nitrogen and oxygen atoms in total. The van der Waals surface area contributed by atoms with E-state index >= 15 is 0 Å². The minimum Gasteiger partial charge on any atom is -0.394 e. The first-order valence-corrected chi connectivity index (χ1v) is 8.98. The SMILES string of the molecule is O=c1c2ccc(F)cc2ncn1CCCNCCCNC(CO)(CO)CO. The van der Waals surface area contributed by atoms with Gasteiger partial charge in [0.1, 0.15) is 5.82 Å². The molecule has 0 aliphatic rings. The highest BCUT2D eigenvalue weighted by atomic mass is 19.1. The van der Waals surface area contributed by atoms with Gasteiger partial charge in [-0.1, -0.05) is 0 Å². The van der Waals surface area contributed by atoms with Crippen LogP contribution in [-0.2, 0) is 6.54 Å². The molecule has 2 aromatic rings. The summed E-state index contributed by atoms with van der Waals surface area (Å²) in [5.74, 6) is -0.417. The number of aryl methyl sites for hydroxylation is 1. The number of rotatable bonds is 12. The molecule has 150 valence electrons. The Balaban J connectivity index is 1.69. The molecule has 0 saturated carbocycles. The summed E-state index contributed by atoms with van der Waals surface area (Å²) in [7, 11) is 0. The number of hydrogen-bond donors (Lipinski definition) is 5. The van der Waals surface area contributed by atoms with E-state index in [-0.39, 0.29) is 25.4 Å². The second-order valence-corrected chi connectivity index (χ2v) is 6.54. The topological polar surface area (TPSA) is 120 Å². The molecule has 0 spiro atoms. The number of hydrogen-bond acceptors (Lipinski definition) is 7. The quantitative estimate of drug-likeness (QED) is 0.305. The van der Waals surface area contributed by atoms with Gasteiger partial charge in [0.05, 0.1) is 42.6 Å². The van der Waals surface area contributed by atoms with E-state index in [1.165, 1.54) is 29.1 Å². The molecule has 0 radical (unpaired) electrons. The van der Waals surface area contributed by atoms with Gasteiger partial charge in [-0.05, 0) is 44.6 Å². The number of halogens is 1. The molecule has 0 bridgehead atoms. The Kier molecular flexibility index (Phi) is 8.26. The van der Waals surface area contributed by atoms with E-state index < -0.39 is 11.4 Å². The fourth-order valence-corrected chi connectivity index (χ4v) is 2.67. The summed E-state index contributed by atoms with van der Waals surface area (Å²) in [6, 6.07) is 3.95. The molecule has 0 unspecified atom stereocenters. The van der Waals surface area contributed by atoms with Gasteiger partial charge >= 0.3 is 0 Å². The molecule has 0 aliphatic heterocycles. The number of aromatic nitrogens is 2. The van der Waals surface area contributed by atoms with Crippen molar-refractivity contribution in [1.29, 1.82) is 0 Å². The van der Waals surface area contributed by atoms with Crippen molar-refractivity contribution in [2.45, 2.75) is 24.9 Å².